The van der Waals surface area contributed by atoms with E-state index in [1.807, 2.05) is 11.8 Å². The second-order valence-corrected chi connectivity index (χ2v) is 7.04. The molecule has 0 radical (unpaired) electrons. The highest BCUT2D eigenvalue weighted by molar-refractivity contribution is 14.0. The minimum absolute atomic E-state index is 0. The van der Waals surface area contributed by atoms with Crippen molar-refractivity contribution in [1.29, 1.82) is 0 Å². The van der Waals surface area contributed by atoms with E-state index in [-0.39, 0.29) is 24.0 Å². The molecular formula is C14H30IN3OS. The van der Waals surface area contributed by atoms with Gasteiger partial charge in [-0.3, -0.25) is 4.99 Å². The molecule has 2 unspecified atom stereocenters. The van der Waals surface area contributed by atoms with Gasteiger partial charge in [-0.05, 0) is 31.4 Å². The van der Waals surface area contributed by atoms with E-state index in [2.05, 4.69) is 43.3 Å². The largest absolute Gasteiger partial charge is 0.387 e. The molecule has 3 N–H and O–H groups in total. The Hall–Kier alpha value is 0.310. The average Bonchev–Trinajstić information content (AvgIpc) is 2.37. The fourth-order valence-corrected chi connectivity index (χ4v) is 3.26. The number of hydrogen-bond acceptors (Lipinski definition) is 3. The molecule has 0 heterocycles. The van der Waals surface area contributed by atoms with E-state index in [1.165, 1.54) is 0 Å². The lowest BCUT2D eigenvalue weighted by Crippen LogP contribution is -2.53. The van der Waals surface area contributed by atoms with Gasteiger partial charge in [-0.2, -0.15) is 11.8 Å². The lowest BCUT2D eigenvalue weighted by Gasteiger charge is -2.44. The number of nitrogens with one attached hydrogen (secondary N) is 2. The van der Waals surface area contributed by atoms with Crippen molar-refractivity contribution in [2.24, 2.45) is 10.9 Å². The minimum atomic E-state index is -0.596. The predicted molar refractivity (Wildman–Crippen MR) is 100 cm³/mol. The number of aliphatic imine (C=N–C) groups is 1. The third-order valence-electron chi connectivity index (χ3n) is 3.34. The fraction of sp³-hybridized carbons (Fsp3) is 0.929. The van der Waals surface area contributed by atoms with Crippen molar-refractivity contribution in [3.05, 3.63) is 0 Å². The molecule has 120 valence electrons. The second kappa shape index (κ2) is 10.1. The summed E-state index contributed by atoms with van der Waals surface area (Å²) in [5.74, 6) is 2.46. The molecule has 0 saturated heterocycles. The summed E-state index contributed by atoms with van der Waals surface area (Å²) in [6.45, 7) is 10.8. The number of rotatable bonds is 7. The molecule has 6 heteroatoms. The first kappa shape index (κ1) is 20.3. The van der Waals surface area contributed by atoms with Gasteiger partial charge in [0.15, 0.2) is 5.96 Å². The first-order valence-corrected chi connectivity index (χ1v) is 8.42. The monoisotopic (exact) mass is 415 g/mol. The van der Waals surface area contributed by atoms with E-state index in [0.717, 1.165) is 37.6 Å². The first-order chi connectivity index (χ1) is 9.01. The number of guanidine groups is 1. The Bertz CT molecular complexity index is 302. The van der Waals surface area contributed by atoms with Gasteiger partial charge in [0.05, 0.1) is 12.1 Å². The first-order valence-electron chi connectivity index (χ1n) is 7.38. The summed E-state index contributed by atoms with van der Waals surface area (Å²) >= 11 is 1.85. The number of nitrogens with zero attached hydrogens (tertiary/aromatic N) is 1. The van der Waals surface area contributed by atoms with E-state index in [9.17, 15) is 5.11 Å². The molecule has 1 saturated carbocycles. The van der Waals surface area contributed by atoms with Crippen LogP contribution < -0.4 is 10.6 Å². The molecule has 0 aliphatic heterocycles. The van der Waals surface area contributed by atoms with E-state index in [1.54, 1.807) is 0 Å². The van der Waals surface area contributed by atoms with Crippen LogP contribution in [0.5, 0.6) is 0 Å². The van der Waals surface area contributed by atoms with Crippen molar-refractivity contribution in [2.75, 3.05) is 25.4 Å². The highest BCUT2D eigenvalue weighted by atomic mass is 127. The van der Waals surface area contributed by atoms with Crippen molar-refractivity contribution in [3.8, 4) is 0 Å². The Morgan fingerprint density at radius 2 is 2.10 bits per heavy atom. The van der Waals surface area contributed by atoms with Crippen LogP contribution in [0.15, 0.2) is 4.99 Å². The summed E-state index contributed by atoms with van der Waals surface area (Å²) in [6, 6.07) is 0. The summed E-state index contributed by atoms with van der Waals surface area (Å²) in [4.78, 5) is 4.54. The van der Waals surface area contributed by atoms with Crippen molar-refractivity contribution in [1.82, 2.24) is 10.6 Å². The minimum Gasteiger partial charge on any atom is -0.387 e. The summed E-state index contributed by atoms with van der Waals surface area (Å²) in [5, 5.41) is 17.4. The zero-order chi connectivity index (χ0) is 14.3. The molecule has 4 nitrogen and oxygen atoms in total. The molecule has 0 aromatic heterocycles. The van der Waals surface area contributed by atoms with Gasteiger partial charge in [-0.25, -0.2) is 0 Å². The molecule has 0 spiro atoms. The lowest BCUT2D eigenvalue weighted by atomic mass is 9.79. The number of thioether (sulfide) groups is 1. The maximum absolute atomic E-state index is 10.5. The molecule has 0 aromatic rings. The van der Waals surface area contributed by atoms with Gasteiger partial charge in [0.25, 0.3) is 0 Å². The predicted octanol–water partition coefficient (Wildman–Crippen LogP) is 2.46. The van der Waals surface area contributed by atoms with Gasteiger partial charge in [0.1, 0.15) is 0 Å². The van der Waals surface area contributed by atoms with Crippen LogP contribution in [0.1, 0.15) is 40.5 Å². The van der Waals surface area contributed by atoms with E-state index in [4.69, 9.17) is 0 Å². The third-order valence-corrected chi connectivity index (χ3v) is 4.75. The number of aliphatic hydroxyl groups is 1. The molecule has 1 fully saturated rings. The molecular weight excluding hydrogens is 385 g/mol. The third kappa shape index (κ3) is 6.39. The van der Waals surface area contributed by atoms with Crippen LogP contribution >= 0.6 is 35.7 Å². The van der Waals surface area contributed by atoms with Gasteiger partial charge in [0.2, 0.25) is 0 Å². The van der Waals surface area contributed by atoms with Crippen molar-refractivity contribution in [3.63, 3.8) is 0 Å². The standard InChI is InChI=1S/C14H29N3OS.HI/c1-5-15-13(16-9-11(3)4)17-10-14(18)8-7-12(14)19-6-2;/h11-12,18H,5-10H2,1-4H3,(H2,15,16,17);1H. The number of halogens is 1. The Labute approximate surface area is 145 Å². The molecule has 0 amide bonds. The van der Waals surface area contributed by atoms with Crippen molar-refractivity contribution < 1.29 is 5.11 Å². The van der Waals surface area contributed by atoms with Gasteiger partial charge in [0, 0.05) is 18.3 Å². The Morgan fingerprint density at radius 1 is 1.40 bits per heavy atom. The Balaban J connectivity index is 0.00000361. The molecule has 20 heavy (non-hydrogen) atoms. The Morgan fingerprint density at radius 3 is 2.55 bits per heavy atom. The van der Waals surface area contributed by atoms with Gasteiger partial charge >= 0.3 is 0 Å². The maximum atomic E-state index is 10.5. The normalized spacial score (nSPS) is 25.9. The topological polar surface area (TPSA) is 56.7 Å². The fourth-order valence-electron chi connectivity index (χ4n) is 2.07. The lowest BCUT2D eigenvalue weighted by molar-refractivity contribution is -0.0154. The molecule has 1 aliphatic carbocycles. The van der Waals surface area contributed by atoms with Gasteiger partial charge in [-0.1, -0.05) is 20.8 Å². The average molecular weight is 415 g/mol. The van der Waals surface area contributed by atoms with Crippen LogP contribution in [-0.4, -0.2) is 47.3 Å². The highest BCUT2D eigenvalue weighted by Crippen LogP contribution is 2.41. The Kier molecular flexibility index (Phi) is 10.3. The summed E-state index contributed by atoms with van der Waals surface area (Å²) < 4.78 is 0. The maximum Gasteiger partial charge on any atom is 0.191 e. The van der Waals surface area contributed by atoms with Crippen LogP contribution in [0, 0.1) is 5.92 Å². The van der Waals surface area contributed by atoms with Crippen LogP contribution in [0.25, 0.3) is 0 Å². The smallest absolute Gasteiger partial charge is 0.191 e. The SMILES string of the molecule is CCNC(=NCC1(O)CCC1SCC)NCC(C)C.I. The highest BCUT2D eigenvalue weighted by Gasteiger charge is 2.45. The van der Waals surface area contributed by atoms with E-state index in [0.29, 0.717) is 17.7 Å². The van der Waals surface area contributed by atoms with E-state index >= 15 is 0 Å². The molecule has 2 atom stereocenters. The summed E-state index contributed by atoms with van der Waals surface area (Å²) in [6.07, 6.45) is 1.98. The zero-order valence-corrected chi connectivity index (χ0v) is 16.3. The quantitative estimate of drug-likeness (QED) is 0.340. The van der Waals surface area contributed by atoms with Gasteiger partial charge < -0.3 is 15.7 Å². The second-order valence-electron chi connectivity index (χ2n) is 5.56. The molecule has 0 aromatic carbocycles. The van der Waals surface area contributed by atoms with Crippen molar-refractivity contribution >= 4 is 41.7 Å². The van der Waals surface area contributed by atoms with Gasteiger partial charge in [-0.15, -0.1) is 24.0 Å². The van der Waals surface area contributed by atoms with Crippen LogP contribution in [0.4, 0.5) is 0 Å². The number of hydrogen-bond donors (Lipinski definition) is 3. The summed E-state index contributed by atoms with van der Waals surface area (Å²) in [5.41, 5.74) is -0.596. The zero-order valence-electron chi connectivity index (χ0n) is 13.1. The molecule has 1 aliphatic rings. The van der Waals surface area contributed by atoms with Crippen LogP contribution in [0.2, 0.25) is 0 Å². The van der Waals surface area contributed by atoms with Crippen LogP contribution in [-0.2, 0) is 0 Å². The molecule has 0 bridgehead atoms. The molecule has 1 rings (SSSR count). The van der Waals surface area contributed by atoms with Crippen molar-refractivity contribution in [2.45, 2.75) is 51.4 Å². The van der Waals surface area contributed by atoms with E-state index < -0.39 is 5.60 Å². The van der Waals surface area contributed by atoms with Crippen LogP contribution in [0.3, 0.4) is 0 Å². The summed E-state index contributed by atoms with van der Waals surface area (Å²) in [7, 11) is 0.